The van der Waals surface area contributed by atoms with Crippen LogP contribution in [0.2, 0.25) is 0 Å². The molecule has 106 valence electrons. The summed E-state index contributed by atoms with van der Waals surface area (Å²) < 4.78 is 0. The molecule has 2 N–H and O–H groups in total. The van der Waals surface area contributed by atoms with Crippen molar-refractivity contribution in [1.29, 1.82) is 0 Å². The zero-order chi connectivity index (χ0) is 14.7. The van der Waals surface area contributed by atoms with Crippen LogP contribution in [0.15, 0.2) is 24.3 Å². The van der Waals surface area contributed by atoms with Gasteiger partial charge in [-0.2, -0.15) is 5.10 Å². The number of amides is 1. The van der Waals surface area contributed by atoms with Crippen molar-refractivity contribution < 1.29 is 9.90 Å². The van der Waals surface area contributed by atoms with E-state index in [-0.39, 0.29) is 18.6 Å². The lowest BCUT2D eigenvalue weighted by Gasteiger charge is -2.23. The highest BCUT2D eigenvalue weighted by Crippen LogP contribution is 2.17. The van der Waals surface area contributed by atoms with Gasteiger partial charge >= 0.3 is 0 Å². The van der Waals surface area contributed by atoms with Crippen molar-refractivity contribution in [3.63, 3.8) is 0 Å². The van der Waals surface area contributed by atoms with Gasteiger partial charge in [0, 0.05) is 18.2 Å². The lowest BCUT2D eigenvalue weighted by molar-refractivity contribution is 0.0682. The van der Waals surface area contributed by atoms with Crippen LogP contribution >= 0.6 is 0 Å². The fraction of sp³-hybridized carbons (Fsp3) is 0.357. The van der Waals surface area contributed by atoms with Crippen molar-refractivity contribution in [2.24, 2.45) is 0 Å². The second-order valence-corrected chi connectivity index (χ2v) is 4.77. The van der Waals surface area contributed by atoms with Gasteiger partial charge in [0.1, 0.15) is 5.82 Å². The molecule has 1 aromatic carbocycles. The maximum absolute atomic E-state index is 12.3. The summed E-state index contributed by atoms with van der Waals surface area (Å²) in [6, 6.07) is 6.93. The molecule has 1 atom stereocenters. The Balaban J connectivity index is 2.28. The van der Waals surface area contributed by atoms with Gasteiger partial charge < -0.3 is 10.0 Å². The van der Waals surface area contributed by atoms with Gasteiger partial charge in [-0.25, -0.2) is 4.98 Å². The minimum Gasteiger partial charge on any atom is -0.394 e. The van der Waals surface area contributed by atoms with E-state index in [9.17, 15) is 4.79 Å². The molecule has 0 saturated carbocycles. The van der Waals surface area contributed by atoms with Crippen molar-refractivity contribution in [3.05, 3.63) is 35.7 Å². The Kier molecular flexibility index (Phi) is 4.14. The Morgan fingerprint density at radius 3 is 2.85 bits per heavy atom. The van der Waals surface area contributed by atoms with Crippen LogP contribution < -0.4 is 0 Å². The molecule has 20 heavy (non-hydrogen) atoms. The summed E-state index contributed by atoms with van der Waals surface area (Å²) in [4.78, 5) is 18.1. The van der Waals surface area contributed by atoms with Gasteiger partial charge in [-0.05, 0) is 26.0 Å². The van der Waals surface area contributed by atoms with Crippen LogP contribution in [0.25, 0.3) is 11.4 Å². The molecule has 0 aliphatic carbocycles. The van der Waals surface area contributed by atoms with E-state index in [0.29, 0.717) is 11.4 Å². The maximum atomic E-state index is 12.3. The number of aliphatic hydroxyl groups excluding tert-OH is 1. The molecule has 6 nitrogen and oxygen atoms in total. The van der Waals surface area contributed by atoms with Gasteiger partial charge in [0.2, 0.25) is 0 Å². The summed E-state index contributed by atoms with van der Waals surface area (Å²) >= 11 is 0. The molecule has 0 spiro atoms. The molecular formula is C14H18N4O2. The first kappa shape index (κ1) is 14.2. The molecule has 0 saturated heterocycles. The lowest BCUT2D eigenvalue weighted by Crippen LogP contribution is -2.37. The number of H-pyrrole nitrogens is 1. The molecule has 0 aliphatic rings. The number of carbonyl (C=O) groups is 1. The van der Waals surface area contributed by atoms with Gasteiger partial charge in [0.05, 0.1) is 12.6 Å². The van der Waals surface area contributed by atoms with Crippen LogP contribution in [0.1, 0.15) is 23.1 Å². The lowest BCUT2D eigenvalue weighted by atomic mass is 10.1. The molecule has 6 heteroatoms. The third kappa shape index (κ3) is 2.85. The zero-order valence-corrected chi connectivity index (χ0v) is 11.8. The second-order valence-electron chi connectivity index (χ2n) is 4.77. The number of carbonyl (C=O) groups excluding carboxylic acids is 1. The predicted octanol–water partition coefficient (Wildman–Crippen LogP) is 1.23. The number of rotatable bonds is 4. The zero-order valence-electron chi connectivity index (χ0n) is 11.8. The summed E-state index contributed by atoms with van der Waals surface area (Å²) in [6.07, 6.45) is 0. The van der Waals surface area contributed by atoms with Crippen molar-refractivity contribution in [1.82, 2.24) is 20.1 Å². The summed E-state index contributed by atoms with van der Waals surface area (Å²) in [7, 11) is 1.67. The Bertz CT molecular complexity index is 609. The topological polar surface area (TPSA) is 82.1 Å². The third-order valence-electron chi connectivity index (χ3n) is 3.21. The quantitative estimate of drug-likeness (QED) is 0.878. The highest BCUT2D eigenvalue weighted by molar-refractivity contribution is 5.95. The maximum Gasteiger partial charge on any atom is 0.253 e. The van der Waals surface area contributed by atoms with Crippen LogP contribution in [-0.2, 0) is 0 Å². The summed E-state index contributed by atoms with van der Waals surface area (Å²) in [5, 5.41) is 16.0. The number of aliphatic hydroxyl groups is 1. The summed E-state index contributed by atoms with van der Waals surface area (Å²) in [6.45, 7) is 3.55. The van der Waals surface area contributed by atoms with Gasteiger partial charge in [-0.3, -0.25) is 9.89 Å². The molecule has 2 aromatic rings. The number of aromatic amines is 1. The van der Waals surface area contributed by atoms with Crippen molar-refractivity contribution in [3.8, 4) is 11.4 Å². The first-order valence-electron chi connectivity index (χ1n) is 6.40. The average molecular weight is 274 g/mol. The van der Waals surface area contributed by atoms with E-state index in [2.05, 4.69) is 15.2 Å². The molecule has 2 rings (SSSR count). The summed E-state index contributed by atoms with van der Waals surface area (Å²) in [5.74, 6) is 1.15. The monoisotopic (exact) mass is 274 g/mol. The Morgan fingerprint density at radius 2 is 2.25 bits per heavy atom. The van der Waals surface area contributed by atoms with E-state index in [1.807, 2.05) is 13.0 Å². The van der Waals surface area contributed by atoms with Crippen molar-refractivity contribution in [2.45, 2.75) is 19.9 Å². The fourth-order valence-electron chi connectivity index (χ4n) is 1.79. The minimum absolute atomic E-state index is 0.0674. The normalized spacial score (nSPS) is 12.2. The minimum atomic E-state index is -0.225. The first-order chi connectivity index (χ1) is 9.52. The van der Waals surface area contributed by atoms with Gasteiger partial charge in [-0.15, -0.1) is 0 Å². The van der Waals surface area contributed by atoms with E-state index in [0.717, 1.165) is 11.4 Å². The molecule has 1 aromatic heterocycles. The molecule has 0 radical (unpaired) electrons. The Morgan fingerprint density at radius 1 is 1.50 bits per heavy atom. The smallest absolute Gasteiger partial charge is 0.253 e. The van der Waals surface area contributed by atoms with Crippen molar-refractivity contribution >= 4 is 5.91 Å². The SMILES string of the molecule is Cc1nc(-c2cccc(C(=O)N(C)C(C)CO)c2)n[nH]1. The number of benzene rings is 1. The van der Waals surface area contributed by atoms with E-state index in [1.165, 1.54) is 4.90 Å². The van der Waals surface area contributed by atoms with Crippen LogP contribution in [0.3, 0.4) is 0 Å². The predicted molar refractivity (Wildman–Crippen MR) is 75.2 cm³/mol. The van der Waals surface area contributed by atoms with E-state index in [4.69, 9.17) is 5.11 Å². The number of likely N-dealkylation sites (N-methyl/N-ethyl adjacent to an activating group) is 1. The second kappa shape index (κ2) is 5.83. The molecule has 1 heterocycles. The number of hydrogen-bond acceptors (Lipinski definition) is 4. The fourth-order valence-corrected chi connectivity index (χ4v) is 1.79. The number of nitrogens with one attached hydrogen (secondary N) is 1. The average Bonchev–Trinajstić information content (AvgIpc) is 2.91. The van der Waals surface area contributed by atoms with Crippen LogP contribution in [0.4, 0.5) is 0 Å². The van der Waals surface area contributed by atoms with Crippen LogP contribution in [0, 0.1) is 6.92 Å². The number of aromatic nitrogens is 3. The first-order valence-corrected chi connectivity index (χ1v) is 6.40. The highest BCUT2D eigenvalue weighted by Gasteiger charge is 2.17. The summed E-state index contributed by atoms with van der Waals surface area (Å²) in [5.41, 5.74) is 1.33. The molecule has 1 amide bonds. The molecular weight excluding hydrogens is 256 g/mol. The number of nitrogens with zero attached hydrogens (tertiary/aromatic N) is 3. The van der Waals surface area contributed by atoms with E-state index < -0.39 is 0 Å². The van der Waals surface area contributed by atoms with Gasteiger partial charge in [0.25, 0.3) is 5.91 Å². The van der Waals surface area contributed by atoms with E-state index >= 15 is 0 Å². The molecule has 0 aliphatic heterocycles. The molecule has 0 fully saturated rings. The molecule has 0 bridgehead atoms. The van der Waals surface area contributed by atoms with Crippen LogP contribution in [0.5, 0.6) is 0 Å². The van der Waals surface area contributed by atoms with Crippen molar-refractivity contribution in [2.75, 3.05) is 13.7 Å². The van der Waals surface area contributed by atoms with Gasteiger partial charge in [-0.1, -0.05) is 12.1 Å². The highest BCUT2D eigenvalue weighted by atomic mass is 16.3. The largest absolute Gasteiger partial charge is 0.394 e. The Labute approximate surface area is 117 Å². The van der Waals surface area contributed by atoms with Crippen LogP contribution in [-0.4, -0.2) is 50.8 Å². The number of hydrogen-bond donors (Lipinski definition) is 2. The Hall–Kier alpha value is -2.21. The van der Waals surface area contributed by atoms with Gasteiger partial charge in [0.15, 0.2) is 5.82 Å². The number of aryl methyl sites for hydroxylation is 1. The molecule has 1 unspecified atom stereocenters. The standard InChI is InChI=1S/C14H18N4O2/c1-9(8-19)18(3)14(20)12-6-4-5-11(7-12)13-15-10(2)16-17-13/h4-7,9,19H,8H2,1-3H3,(H,15,16,17). The third-order valence-corrected chi connectivity index (χ3v) is 3.21. The van der Waals surface area contributed by atoms with E-state index in [1.54, 1.807) is 32.2 Å².